The van der Waals surface area contributed by atoms with Crippen molar-refractivity contribution < 1.29 is 19.1 Å². The van der Waals surface area contributed by atoms with E-state index in [9.17, 15) is 9.59 Å². The van der Waals surface area contributed by atoms with Gasteiger partial charge in [0, 0.05) is 20.9 Å². The van der Waals surface area contributed by atoms with E-state index in [0.29, 0.717) is 34.2 Å². The summed E-state index contributed by atoms with van der Waals surface area (Å²) in [5.74, 6) is 1.27. The molecule has 2 aromatic rings. The van der Waals surface area contributed by atoms with E-state index in [4.69, 9.17) is 9.47 Å². The van der Waals surface area contributed by atoms with Crippen molar-refractivity contribution in [2.45, 2.75) is 23.6 Å². The SMILES string of the molecule is CCOc1ccc2c(c1)SC(=C1Sc3cc(OCC)ccc3C1=O)C2=O. The summed E-state index contributed by atoms with van der Waals surface area (Å²) in [6.07, 6.45) is 0. The number of ketones is 2. The molecule has 2 aliphatic rings. The number of carbonyl (C=O) groups is 2. The maximum absolute atomic E-state index is 12.8. The first-order valence-electron chi connectivity index (χ1n) is 8.35. The van der Waals surface area contributed by atoms with Crippen LogP contribution in [0.1, 0.15) is 34.6 Å². The summed E-state index contributed by atoms with van der Waals surface area (Å²) in [5.41, 5.74) is 1.25. The minimum absolute atomic E-state index is 0.0956. The molecule has 0 radical (unpaired) electrons. The molecule has 2 aliphatic heterocycles. The highest BCUT2D eigenvalue weighted by molar-refractivity contribution is 8.08. The van der Waals surface area contributed by atoms with Gasteiger partial charge in [-0.2, -0.15) is 0 Å². The van der Waals surface area contributed by atoms with Crippen LogP contribution in [0.25, 0.3) is 0 Å². The van der Waals surface area contributed by atoms with E-state index in [1.165, 1.54) is 23.5 Å². The van der Waals surface area contributed by atoms with Crippen molar-refractivity contribution in [3.63, 3.8) is 0 Å². The van der Waals surface area contributed by atoms with E-state index in [1.54, 1.807) is 24.3 Å². The normalized spacial score (nSPS) is 18.1. The molecule has 0 unspecified atom stereocenters. The highest BCUT2D eigenvalue weighted by Gasteiger charge is 2.36. The van der Waals surface area contributed by atoms with Crippen LogP contribution < -0.4 is 9.47 Å². The largest absolute Gasteiger partial charge is 0.494 e. The fourth-order valence-electron chi connectivity index (χ4n) is 2.92. The zero-order valence-corrected chi connectivity index (χ0v) is 16.0. The molecule has 0 bridgehead atoms. The molecule has 0 aromatic heterocycles. The molecular weight excluding hydrogens is 368 g/mol. The standard InChI is InChI=1S/C20H16O4S2/c1-3-23-11-5-7-13-15(9-11)25-19(17(13)21)20-18(22)14-8-6-12(24-4-2)10-16(14)26-20/h5-10H,3-4H2,1-2H3. The molecule has 4 rings (SSSR count). The zero-order chi connectivity index (χ0) is 18.3. The smallest absolute Gasteiger partial charge is 0.202 e. The number of Topliss-reactive ketones (excluding diaryl/α,β-unsaturated/α-hetero) is 2. The Morgan fingerprint density at radius 2 is 1.15 bits per heavy atom. The van der Waals surface area contributed by atoms with Crippen LogP contribution in [0.15, 0.2) is 56.0 Å². The minimum atomic E-state index is -0.0956. The second-order valence-electron chi connectivity index (χ2n) is 5.70. The van der Waals surface area contributed by atoms with Crippen molar-refractivity contribution in [1.82, 2.24) is 0 Å². The number of hydrogen-bond acceptors (Lipinski definition) is 6. The first-order chi connectivity index (χ1) is 12.6. The van der Waals surface area contributed by atoms with Crippen LogP contribution in [0.2, 0.25) is 0 Å². The van der Waals surface area contributed by atoms with Crippen molar-refractivity contribution >= 4 is 35.1 Å². The molecule has 0 aliphatic carbocycles. The molecule has 132 valence electrons. The number of fused-ring (bicyclic) bond motifs is 2. The van der Waals surface area contributed by atoms with Crippen LogP contribution in [0, 0.1) is 0 Å². The number of allylic oxidation sites excluding steroid dienone is 2. The van der Waals surface area contributed by atoms with Crippen LogP contribution in [0.5, 0.6) is 11.5 Å². The summed E-state index contributed by atoms with van der Waals surface area (Å²) in [4.78, 5) is 28.3. The number of rotatable bonds is 4. The lowest BCUT2D eigenvalue weighted by atomic mass is 10.1. The van der Waals surface area contributed by atoms with E-state index in [1.807, 2.05) is 26.0 Å². The van der Waals surface area contributed by atoms with Crippen LogP contribution in [-0.4, -0.2) is 24.8 Å². The van der Waals surface area contributed by atoms with Crippen LogP contribution in [0.4, 0.5) is 0 Å². The first-order valence-corrected chi connectivity index (χ1v) is 9.98. The Labute approximate surface area is 160 Å². The van der Waals surface area contributed by atoms with Crippen molar-refractivity contribution in [2.75, 3.05) is 13.2 Å². The summed E-state index contributed by atoms with van der Waals surface area (Å²) >= 11 is 2.70. The Balaban J connectivity index is 1.69. The molecule has 0 amide bonds. The summed E-state index contributed by atoms with van der Waals surface area (Å²) in [7, 11) is 0. The van der Waals surface area contributed by atoms with Crippen molar-refractivity contribution in [2.24, 2.45) is 0 Å². The number of thioether (sulfide) groups is 2. The molecule has 0 N–H and O–H groups in total. The van der Waals surface area contributed by atoms with Gasteiger partial charge in [0.1, 0.15) is 11.5 Å². The Hall–Kier alpha value is -2.18. The van der Waals surface area contributed by atoms with Crippen molar-refractivity contribution in [1.29, 1.82) is 0 Å². The number of carbonyl (C=O) groups excluding carboxylic acids is 2. The molecule has 0 atom stereocenters. The third-order valence-corrected chi connectivity index (χ3v) is 6.49. The molecule has 2 aromatic carbocycles. The van der Waals surface area contributed by atoms with E-state index >= 15 is 0 Å². The maximum Gasteiger partial charge on any atom is 0.202 e. The Kier molecular flexibility index (Phi) is 4.54. The summed E-state index contributed by atoms with van der Waals surface area (Å²) in [6, 6.07) is 10.8. The third-order valence-electron chi connectivity index (χ3n) is 4.06. The van der Waals surface area contributed by atoms with Gasteiger partial charge >= 0.3 is 0 Å². The molecule has 4 nitrogen and oxygen atoms in total. The lowest BCUT2D eigenvalue weighted by molar-refractivity contribution is 0.101. The molecule has 0 fully saturated rings. The fourth-order valence-corrected chi connectivity index (χ4v) is 5.28. The molecular formula is C20H16O4S2. The number of ether oxygens (including phenoxy) is 2. The molecule has 26 heavy (non-hydrogen) atoms. The zero-order valence-electron chi connectivity index (χ0n) is 14.3. The van der Waals surface area contributed by atoms with Gasteiger partial charge in [-0.1, -0.05) is 23.5 Å². The van der Waals surface area contributed by atoms with Gasteiger partial charge in [-0.05, 0) is 50.2 Å². The Morgan fingerprint density at radius 1 is 0.731 bits per heavy atom. The Bertz CT molecular complexity index is 885. The highest BCUT2D eigenvalue weighted by atomic mass is 32.2. The third kappa shape index (κ3) is 2.83. The summed E-state index contributed by atoms with van der Waals surface area (Å²) < 4.78 is 11.0. The van der Waals surface area contributed by atoms with E-state index in [2.05, 4.69) is 0 Å². The highest BCUT2D eigenvalue weighted by Crippen LogP contribution is 2.50. The van der Waals surface area contributed by atoms with E-state index in [-0.39, 0.29) is 11.6 Å². The quantitative estimate of drug-likeness (QED) is 0.694. The molecule has 0 saturated heterocycles. The number of benzene rings is 2. The van der Waals surface area contributed by atoms with E-state index < -0.39 is 0 Å². The van der Waals surface area contributed by atoms with Gasteiger partial charge in [0.05, 0.1) is 23.0 Å². The predicted octanol–water partition coefficient (Wildman–Crippen LogP) is 4.97. The summed E-state index contributed by atoms with van der Waals surface area (Å²) in [5, 5.41) is 0. The molecule has 0 spiro atoms. The van der Waals surface area contributed by atoms with Gasteiger partial charge in [0.25, 0.3) is 0 Å². The molecule has 6 heteroatoms. The predicted molar refractivity (Wildman–Crippen MR) is 103 cm³/mol. The van der Waals surface area contributed by atoms with Crippen molar-refractivity contribution in [3.05, 3.63) is 57.3 Å². The lowest BCUT2D eigenvalue weighted by Gasteiger charge is -2.03. The average molecular weight is 384 g/mol. The maximum atomic E-state index is 12.8. The fraction of sp³-hybridized carbons (Fsp3) is 0.200. The molecule has 0 saturated carbocycles. The van der Waals surface area contributed by atoms with Crippen LogP contribution in [-0.2, 0) is 0 Å². The van der Waals surface area contributed by atoms with Gasteiger partial charge in [-0.15, -0.1) is 0 Å². The van der Waals surface area contributed by atoms with E-state index in [0.717, 1.165) is 21.3 Å². The summed E-state index contributed by atoms with van der Waals surface area (Å²) in [6.45, 7) is 4.97. The second-order valence-corrected chi connectivity index (χ2v) is 7.81. The van der Waals surface area contributed by atoms with Crippen molar-refractivity contribution in [3.8, 4) is 11.5 Å². The topological polar surface area (TPSA) is 52.6 Å². The van der Waals surface area contributed by atoms with Crippen LogP contribution in [0.3, 0.4) is 0 Å². The van der Waals surface area contributed by atoms with Crippen LogP contribution >= 0.6 is 23.5 Å². The van der Waals surface area contributed by atoms with Gasteiger partial charge in [-0.25, -0.2) is 0 Å². The van der Waals surface area contributed by atoms with Gasteiger partial charge < -0.3 is 9.47 Å². The monoisotopic (exact) mass is 384 g/mol. The molecule has 2 heterocycles. The average Bonchev–Trinajstić information content (AvgIpc) is 3.12. The minimum Gasteiger partial charge on any atom is -0.494 e. The Morgan fingerprint density at radius 3 is 1.54 bits per heavy atom. The van der Waals surface area contributed by atoms with Gasteiger partial charge in [0.15, 0.2) is 0 Å². The number of hydrogen-bond donors (Lipinski definition) is 0. The lowest BCUT2D eigenvalue weighted by Crippen LogP contribution is -2.02. The van der Waals surface area contributed by atoms with Gasteiger partial charge in [-0.3, -0.25) is 9.59 Å². The van der Waals surface area contributed by atoms with Gasteiger partial charge in [0.2, 0.25) is 11.6 Å². The first kappa shape index (κ1) is 17.2. The second kappa shape index (κ2) is 6.85.